The maximum Gasteiger partial charge on any atom is 0.124 e. The Balaban J connectivity index is 2.04. The first kappa shape index (κ1) is 14.9. The van der Waals surface area contributed by atoms with E-state index in [0.29, 0.717) is 12.0 Å². The zero-order valence-electron chi connectivity index (χ0n) is 11.6. The maximum absolute atomic E-state index is 13.4. The SMILES string of the molecule is CC(C)C1CN(Cc2cc(F)cc(Br)c2)CCCN1. The first-order valence-corrected chi connectivity index (χ1v) is 7.74. The van der Waals surface area contributed by atoms with Crippen LogP contribution < -0.4 is 5.32 Å². The van der Waals surface area contributed by atoms with Crippen LogP contribution >= 0.6 is 15.9 Å². The maximum atomic E-state index is 13.4. The van der Waals surface area contributed by atoms with E-state index in [1.165, 1.54) is 6.07 Å². The number of halogens is 2. The third-order valence-corrected chi connectivity index (χ3v) is 4.10. The summed E-state index contributed by atoms with van der Waals surface area (Å²) in [5.74, 6) is 0.456. The molecule has 2 nitrogen and oxygen atoms in total. The molecule has 0 bridgehead atoms. The minimum Gasteiger partial charge on any atom is -0.312 e. The molecule has 0 amide bonds. The van der Waals surface area contributed by atoms with E-state index < -0.39 is 0 Å². The highest BCUT2D eigenvalue weighted by atomic mass is 79.9. The van der Waals surface area contributed by atoms with E-state index in [9.17, 15) is 4.39 Å². The van der Waals surface area contributed by atoms with Crippen LogP contribution in [0.15, 0.2) is 22.7 Å². The van der Waals surface area contributed by atoms with Crippen molar-refractivity contribution in [3.8, 4) is 0 Å². The highest BCUT2D eigenvalue weighted by Gasteiger charge is 2.20. The van der Waals surface area contributed by atoms with Gasteiger partial charge in [-0.2, -0.15) is 0 Å². The number of benzene rings is 1. The van der Waals surface area contributed by atoms with E-state index >= 15 is 0 Å². The lowest BCUT2D eigenvalue weighted by atomic mass is 10.0. The van der Waals surface area contributed by atoms with Crippen LogP contribution in [0.25, 0.3) is 0 Å². The first-order chi connectivity index (χ1) is 9.04. The summed E-state index contributed by atoms with van der Waals surface area (Å²) in [6.07, 6.45) is 1.15. The van der Waals surface area contributed by atoms with Crippen molar-refractivity contribution in [2.24, 2.45) is 5.92 Å². The molecule has 1 aromatic carbocycles. The van der Waals surface area contributed by atoms with Crippen LogP contribution in [0.5, 0.6) is 0 Å². The molecule has 0 aliphatic carbocycles. The van der Waals surface area contributed by atoms with Crippen molar-refractivity contribution in [3.05, 3.63) is 34.1 Å². The zero-order chi connectivity index (χ0) is 13.8. The van der Waals surface area contributed by atoms with E-state index in [2.05, 4.69) is 40.0 Å². The fraction of sp³-hybridized carbons (Fsp3) is 0.600. The highest BCUT2D eigenvalue weighted by molar-refractivity contribution is 9.10. The lowest BCUT2D eigenvalue weighted by Gasteiger charge is -2.26. The first-order valence-electron chi connectivity index (χ1n) is 6.95. The lowest BCUT2D eigenvalue weighted by molar-refractivity contribution is 0.238. The van der Waals surface area contributed by atoms with E-state index in [0.717, 1.165) is 42.6 Å². The van der Waals surface area contributed by atoms with Gasteiger partial charge in [-0.25, -0.2) is 4.39 Å². The average molecular weight is 329 g/mol. The van der Waals surface area contributed by atoms with Crippen molar-refractivity contribution in [2.45, 2.75) is 32.9 Å². The average Bonchev–Trinajstić information content (AvgIpc) is 2.53. The summed E-state index contributed by atoms with van der Waals surface area (Å²) >= 11 is 3.36. The van der Waals surface area contributed by atoms with Gasteiger partial charge in [-0.1, -0.05) is 29.8 Å². The van der Waals surface area contributed by atoms with Crippen LogP contribution in [0.1, 0.15) is 25.8 Å². The predicted molar refractivity (Wildman–Crippen MR) is 80.6 cm³/mol. The molecule has 1 aliphatic rings. The van der Waals surface area contributed by atoms with Gasteiger partial charge in [-0.3, -0.25) is 4.90 Å². The molecule has 1 saturated heterocycles. The Morgan fingerprint density at radius 2 is 2.21 bits per heavy atom. The van der Waals surface area contributed by atoms with Gasteiger partial charge in [0.1, 0.15) is 5.82 Å². The monoisotopic (exact) mass is 328 g/mol. The number of rotatable bonds is 3. The second-order valence-corrected chi connectivity index (χ2v) is 6.59. The van der Waals surface area contributed by atoms with Crippen LogP contribution in [0.2, 0.25) is 0 Å². The van der Waals surface area contributed by atoms with Gasteiger partial charge >= 0.3 is 0 Å². The van der Waals surface area contributed by atoms with Gasteiger partial charge in [0.2, 0.25) is 0 Å². The Hall–Kier alpha value is -0.450. The van der Waals surface area contributed by atoms with E-state index in [4.69, 9.17) is 0 Å². The zero-order valence-corrected chi connectivity index (χ0v) is 13.2. The Morgan fingerprint density at radius 1 is 1.42 bits per heavy atom. The summed E-state index contributed by atoms with van der Waals surface area (Å²) in [7, 11) is 0. The molecule has 0 saturated carbocycles. The van der Waals surface area contributed by atoms with Crippen molar-refractivity contribution in [1.29, 1.82) is 0 Å². The number of nitrogens with one attached hydrogen (secondary N) is 1. The quantitative estimate of drug-likeness (QED) is 0.914. The lowest BCUT2D eigenvalue weighted by Crippen LogP contribution is -2.41. The molecular formula is C15H22BrFN2. The fourth-order valence-electron chi connectivity index (χ4n) is 2.57. The largest absolute Gasteiger partial charge is 0.312 e. The second-order valence-electron chi connectivity index (χ2n) is 5.67. The summed E-state index contributed by atoms with van der Waals surface area (Å²) in [5.41, 5.74) is 1.04. The Morgan fingerprint density at radius 3 is 2.89 bits per heavy atom. The molecule has 1 unspecified atom stereocenters. The number of hydrogen-bond donors (Lipinski definition) is 1. The molecule has 1 heterocycles. The summed E-state index contributed by atoms with van der Waals surface area (Å²) in [6.45, 7) is 8.50. The molecule has 4 heteroatoms. The highest BCUT2D eigenvalue weighted by Crippen LogP contribution is 2.18. The van der Waals surface area contributed by atoms with Crippen molar-refractivity contribution in [3.63, 3.8) is 0 Å². The fourth-order valence-corrected chi connectivity index (χ4v) is 3.09. The topological polar surface area (TPSA) is 15.3 Å². The molecule has 106 valence electrons. The van der Waals surface area contributed by atoms with Gasteiger partial charge in [0.15, 0.2) is 0 Å². The van der Waals surface area contributed by atoms with Crippen LogP contribution in [-0.4, -0.2) is 30.6 Å². The minimum atomic E-state index is -0.169. The molecule has 2 rings (SSSR count). The van der Waals surface area contributed by atoms with Crippen LogP contribution in [0.3, 0.4) is 0 Å². The molecule has 19 heavy (non-hydrogen) atoms. The molecule has 1 aliphatic heterocycles. The molecule has 0 radical (unpaired) electrons. The molecule has 0 aromatic heterocycles. The third-order valence-electron chi connectivity index (χ3n) is 3.65. The van der Waals surface area contributed by atoms with Crippen molar-refractivity contribution < 1.29 is 4.39 Å². The number of nitrogens with zero attached hydrogens (tertiary/aromatic N) is 1. The summed E-state index contributed by atoms with van der Waals surface area (Å²) < 4.78 is 14.2. The third kappa shape index (κ3) is 4.55. The van der Waals surface area contributed by atoms with Crippen molar-refractivity contribution in [2.75, 3.05) is 19.6 Å². The predicted octanol–water partition coefficient (Wildman–Crippen LogP) is 3.41. The van der Waals surface area contributed by atoms with Gasteiger partial charge in [-0.05, 0) is 49.2 Å². The Kier molecular flexibility index (Phi) is 5.37. The van der Waals surface area contributed by atoms with E-state index in [1.807, 2.05) is 6.07 Å². The normalized spacial score (nSPS) is 21.6. The van der Waals surface area contributed by atoms with Gasteiger partial charge in [0, 0.05) is 23.6 Å². The summed E-state index contributed by atoms with van der Waals surface area (Å²) in [5, 5.41) is 3.59. The van der Waals surface area contributed by atoms with E-state index in [1.54, 1.807) is 6.07 Å². The van der Waals surface area contributed by atoms with Gasteiger partial charge in [0.25, 0.3) is 0 Å². The smallest absolute Gasteiger partial charge is 0.124 e. The van der Waals surface area contributed by atoms with Gasteiger partial charge in [-0.15, -0.1) is 0 Å². The molecule has 1 aromatic rings. The van der Waals surface area contributed by atoms with Crippen molar-refractivity contribution in [1.82, 2.24) is 10.2 Å². The Bertz CT molecular complexity index is 402. The molecular weight excluding hydrogens is 307 g/mol. The molecule has 1 N–H and O–H groups in total. The standard InChI is InChI=1S/C15H22BrFN2/c1-11(2)15-10-19(5-3-4-18-15)9-12-6-13(16)8-14(17)7-12/h6-8,11,15,18H,3-5,9-10H2,1-2H3. The van der Waals surface area contributed by atoms with Crippen molar-refractivity contribution >= 4 is 15.9 Å². The number of hydrogen-bond acceptors (Lipinski definition) is 2. The van der Waals surface area contributed by atoms with Crippen LogP contribution in [0.4, 0.5) is 4.39 Å². The molecule has 0 spiro atoms. The van der Waals surface area contributed by atoms with E-state index in [-0.39, 0.29) is 5.82 Å². The minimum absolute atomic E-state index is 0.169. The van der Waals surface area contributed by atoms with Gasteiger partial charge in [0.05, 0.1) is 0 Å². The van der Waals surface area contributed by atoms with Crippen LogP contribution in [-0.2, 0) is 6.54 Å². The van der Waals surface area contributed by atoms with Crippen LogP contribution in [0, 0.1) is 11.7 Å². The second kappa shape index (κ2) is 6.82. The Labute approximate surface area is 123 Å². The molecule has 1 fully saturated rings. The van der Waals surface area contributed by atoms with Gasteiger partial charge < -0.3 is 5.32 Å². The molecule has 1 atom stereocenters. The summed E-state index contributed by atoms with van der Waals surface area (Å²) in [4.78, 5) is 2.42. The summed E-state index contributed by atoms with van der Waals surface area (Å²) in [6, 6.07) is 5.67.